The maximum absolute atomic E-state index is 10.3. The van der Waals surface area contributed by atoms with Crippen LogP contribution in [0.1, 0.15) is 0 Å². The molecule has 0 radical (unpaired) electrons. The van der Waals surface area contributed by atoms with Crippen LogP contribution in [0.4, 0.5) is 0 Å². The van der Waals surface area contributed by atoms with Crippen LogP contribution in [0.3, 0.4) is 0 Å². The van der Waals surface area contributed by atoms with Crippen molar-refractivity contribution in [1.29, 1.82) is 0 Å². The predicted octanol–water partition coefficient (Wildman–Crippen LogP) is -1.59. The van der Waals surface area contributed by atoms with Gasteiger partial charge in [0.2, 0.25) is 0 Å². The van der Waals surface area contributed by atoms with Crippen LogP contribution >= 0.6 is 0 Å². The quantitative estimate of drug-likeness (QED) is 0.469. The molecule has 1 rings (SSSR count). The normalized spacial score (nSPS) is 27.1. The highest BCUT2D eigenvalue weighted by Crippen LogP contribution is 1.98. The SMILES string of the molecule is O=CC1NCCN1CCO. The molecule has 1 unspecified atom stereocenters. The number of aliphatic hydroxyl groups is 1. The molecule has 10 heavy (non-hydrogen) atoms. The van der Waals surface area contributed by atoms with Gasteiger partial charge in [0.1, 0.15) is 6.17 Å². The maximum atomic E-state index is 10.3. The summed E-state index contributed by atoms with van der Waals surface area (Å²) in [5.74, 6) is 0. The summed E-state index contributed by atoms with van der Waals surface area (Å²) in [5.41, 5.74) is 0. The van der Waals surface area contributed by atoms with Gasteiger partial charge >= 0.3 is 0 Å². The molecule has 0 aromatic rings. The summed E-state index contributed by atoms with van der Waals surface area (Å²) in [6.07, 6.45) is 0.690. The molecule has 1 atom stereocenters. The van der Waals surface area contributed by atoms with Gasteiger partial charge in [0.25, 0.3) is 0 Å². The van der Waals surface area contributed by atoms with Crippen molar-refractivity contribution in [1.82, 2.24) is 10.2 Å². The number of aliphatic hydroxyl groups excluding tert-OH is 1. The molecular formula is C6H12N2O2. The molecule has 0 amide bonds. The fourth-order valence-electron chi connectivity index (χ4n) is 1.14. The molecule has 4 nitrogen and oxygen atoms in total. The summed E-state index contributed by atoms with van der Waals surface area (Å²) in [4.78, 5) is 12.2. The summed E-state index contributed by atoms with van der Waals surface area (Å²) in [6, 6.07) is 0. The fourth-order valence-corrected chi connectivity index (χ4v) is 1.14. The van der Waals surface area contributed by atoms with Crippen molar-refractivity contribution in [2.75, 3.05) is 26.2 Å². The first kappa shape index (κ1) is 7.65. The standard InChI is InChI=1S/C6H12N2O2/c9-4-3-8-2-1-7-6(8)5-10/h5-7,9H,1-4H2. The summed E-state index contributed by atoms with van der Waals surface area (Å²) in [7, 11) is 0. The van der Waals surface area contributed by atoms with Crippen LogP contribution in [0.2, 0.25) is 0 Å². The summed E-state index contributed by atoms with van der Waals surface area (Å²) < 4.78 is 0. The van der Waals surface area contributed by atoms with E-state index in [2.05, 4.69) is 5.32 Å². The van der Waals surface area contributed by atoms with Gasteiger partial charge < -0.3 is 9.90 Å². The van der Waals surface area contributed by atoms with E-state index in [1.807, 2.05) is 4.90 Å². The Morgan fingerprint density at radius 2 is 2.60 bits per heavy atom. The Bertz CT molecular complexity index is 118. The average Bonchev–Trinajstić information content (AvgIpc) is 2.36. The number of β-amino-alcohol motifs (C(OH)–C–C–N with tert-alkyl or cyclic N) is 1. The summed E-state index contributed by atoms with van der Waals surface area (Å²) in [5, 5.41) is 11.5. The largest absolute Gasteiger partial charge is 0.395 e. The lowest BCUT2D eigenvalue weighted by molar-refractivity contribution is -0.112. The van der Waals surface area contributed by atoms with E-state index in [0.29, 0.717) is 6.54 Å². The van der Waals surface area contributed by atoms with Crippen LogP contribution in [0.5, 0.6) is 0 Å². The Kier molecular flexibility index (Phi) is 2.80. The molecule has 1 aliphatic rings. The molecule has 1 heterocycles. The van der Waals surface area contributed by atoms with Crippen LogP contribution in [0, 0.1) is 0 Å². The molecule has 4 heteroatoms. The van der Waals surface area contributed by atoms with Crippen LogP contribution in [-0.2, 0) is 4.79 Å². The molecule has 1 aliphatic heterocycles. The Hall–Kier alpha value is -0.450. The van der Waals surface area contributed by atoms with Crippen molar-refractivity contribution >= 4 is 6.29 Å². The Morgan fingerprint density at radius 1 is 1.80 bits per heavy atom. The van der Waals surface area contributed by atoms with Gasteiger partial charge in [-0.1, -0.05) is 0 Å². The Labute approximate surface area is 59.8 Å². The molecule has 0 aromatic carbocycles. The second-order valence-corrected chi connectivity index (χ2v) is 2.29. The van der Waals surface area contributed by atoms with Gasteiger partial charge in [0.05, 0.1) is 6.61 Å². The van der Waals surface area contributed by atoms with E-state index < -0.39 is 0 Å². The number of carbonyl (C=O) groups is 1. The fraction of sp³-hybridized carbons (Fsp3) is 0.833. The van der Waals surface area contributed by atoms with E-state index in [1.54, 1.807) is 0 Å². The number of rotatable bonds is 3. The average molecular weight is 144 g/mol. The van der Waals surface area contributed by atoms with E-state index in [4.69, 9.17) is 5.11 Å². The van der Waals surface area contributed by atoms with Gasteiger partial charge in [-0.15, -0.1) is 0 Å². The van der Waals surface area contributed by atoms with Crippen molar-refractivity contribution in [3.05, 3.63) is 0 Å². The van der Waals surface area contributed by atoms with E-state index in [0.717, 1.165) is 19.4 Å². The van der Waals surface area contributed by atoms with Crippen molar-refractivity contribution in [3.8, 4) is 0 Å². The number of carbonyl (C=O) groups excluding carboxylic acids is 1. The zero-order valence-corrected chi connectivity index (χ0v) is 5.79. The van der Waals surface area contributed by atoms with E-state index in [1.165, 1.54) is 0 Å². The predicted molar refractivity (Wildman–Crippen MR) is 36.5 cm³/mol. The van der Waals surface area contributed by atoms with Gasteiger partial charge in [-0.2, -0.15) is 0 Å². The minimum atomic E-state index is -0.174. The van der Waals surface area contributed by atoms with Crippen LogP contribution in [-0.4, -0.2) is 48.7 Å². The summed E-state index contributed by atoms with van der Waals surface area (Å²) in [6.45, 7) is 2.38. The molecule has 1 saturated heterocycles. The lowest BCUT2D eigenvalue weighted by atomic mass is 10.5. The zero-order chi connectivity index (χ0) is 7.40. The summed E-state index contributed by atoms with van der Waals surface area (Å²) >= 11 is 0. The number of nitrogens with one attached hydrogen (secondary N) is 1. The first-order valence-corrected chi connectivity index (χ1v) is 3.42. The molecule has 1 fully saturated rings. The molecule has 0 aromatic heterocycles. The molecule has 0 spiro atoms. The molecule has 58 valence electrons. The van der Waals surface area contributed by atoms with Gasteiger partial charge in [-0.3, -0.25) is 10.2 Å². The highest BCUT2D eigenvalue weighted by Gasteiger charge is 2.21. The first-order valence-electron chi connectivity index (χ1n) is 3.42. The lowest BCUT2D eigenvalue weighted by Gasteiger charge is -2.16. The minimum Gasteiger partial charge on any atom is -0.395 e. The van der Waals surface area contributed by atoms with Crippen LogP contribution in [0.25, 0.3) is 0 Å². The monoisotopic (exact) mass is 144 g/mol. The van der Waals surface area contributed by atoms with E-state index in [-0.39, 0.29) is 12.8 Å². The first-order chi connectivity index (χ1) is 4.88. The lowest BCUT2D eigenvalue weighted by Crippen LogP contribution is -2.38. The van der Waals surface area contributed by atoms with Crippen molar-refractivity contribution < 1.29 is 9.90 Å². The van der Waals surface area contributed by atoms with Crippen LogP contribution < -0.4 is 5.32 Å². The maximum Gasteiger partial charge on any atom is 0.151 e. The third kappa shape index (κ3) is 1.53. The minimum absolute atomic E-state index is 0.117. The molecule has 2 N–H and O–H groups in total. The smallest absolute Gasteiger partial charge is 0.151 e. The second-order valence-electron chi connectivity index (χ2n) is 2.29. The van der Waals surface area contributed by atoms with Gasteiger partial charge in [0, 0.05) is 19.6 Å². The third-order valence-electron chi connectivity index (χ3n) is 1.66. The van der Waals surface area contributed by atoms with Gasteiger partial charge in [-0.05, 0) is 0 Å². The van der Waals surface area contributed by atoms with Gasteiger partial charge in [0.15, 0.2) is 6.29 Å². The number of nitrogens with zero attached hydrogens (tertiary/aromatic N) is 1. The Morgan fingerprint density at radius 3 is 3.20 bits per heavy atom. The Balaban J connectivity index is 2.34. The number of hydrogen-bond acceptors (Lipinski definition) is 4. The highest BCUT2D eigenvalue weighted by molar-refractivity contribution is 5.57. The third-order valence-corrected chi connectivity index (χ3v) is 1.66. The van der Waals surface area contributed by atoms with E-state index >= 15 is 0 Å². The molecular weight excluding hydrogens is 132 g/mol. The van der Waals surface area contributed by atoms with Crippen molar-refractivity contribution in [3.63, 3.8) is 0 Å². The molecule has 0 aliphatic carbocycles. The molecule has 0 saturated carbocycles. The van der Waals surface area contributed by atoms with Crippen molar-refractivity contribution in [2.24, 2.45) is 0 Å². The number of aldehydes is 1. The van der Waals surface area contributed by atoms with Crippen LogP contribution in [0.15, 0.2) is 0 Å². The molecule has 0 bridgehead atoms. The second kappa shape index (κ2) is 3.65. The number of hydrogen-bond donors (Lipinski definition) is 2. The topological polar surface area (TPSA) is 52.6 Å². The highest BCUT2D eigenvalue weighted by atomic mass is 16.3. The zero-order valence-electron chi connectivity index (χ0n) is 5.79. The van der Waals surface area contributed by atoms with E-state index in [9.17, 15) is 4.79 Å². The van der Waals surface area contributed by atoms with Crippen molar-refractivity contribution in [2.45, 2.75) is 6.17 Å². The van der Waals surface area contributed by atoms with Gasteiger partial charge in [-0.25, -0.2) is 0 Å².